The SMILES string of the molecule is CCCNC(=O)Cn1c(CCCl)nc2cc(OC)ccc21. The van der Waals surface area contributed by atoms with E-state index >= 15 is 0 Å². The normalized spacial score (nSPS) is 10.8. The minimum Gasteiger partial charge on any atom is -0.497 e. The summed E-state index contributed by atoms with van der Waals surface area (Å²) in [4.78, 5) is 16.5. The number of ether oxygens (including phenoxy) is 1. The Morgan fingerprint density at radius 1 is 1.48 bits per heavy atom. The van der Waals surface area contributed by atoms with Crippen LogP contribution in [0.15, 0.2) is 18.2 Å². The molecule has 0 aliphatic heterocycles. The van der Waals surface area contributed by atoms with Crippen LogP contribution in [0.4, 0.5) is 0 Å². The summed E-state index contributed by atoms with van der Waals surface area (Å²) in [5.41, 5.74) is 1.74. The molecule has 0 bridgehead atoms. The number of aromatic nitrogens is 2. The van der Waals surface area contributed by atoms with E-state index in [1.54, 1.807) is 7.11 Å². The molecule has 114 valence electrons. The first-order valence-corrected chi connectivity index (χ1v) is 7.58. The molecular formula is C15H20ClN3O2. The molecule has 0 saturated carbocycles. The van der Waals surface area contributed by atoms with Crippen molar-refractivity contribution in [3.05, 3.63) is 24.0 Å². The zero-order chi connectivity index (χ0) is 15.2. The van der Waals surface area contributed by atoms with E-state index < -0.39 is 0 Å². The van der Waals surface area contributed by atoms with Crippen LogP contribution in [0.1, 0.15) is 19.2 Å². The summed E-state index contributed by atoms with van der Waals surface area (Å²) < 4.78 is 7.13. The van der Waals surface area contributed by atoms with E-state index in [2.05, 4.69) is 10.3 Å². The number of methoxy groups -OCH3 is 1. The molecule has 0 radical (unpaired) electrons. The van der Waals surface area contributed by atoms with E-state index in [1.165, 1.54) is 0 Å². The fourth-order valence-corrected chi connectivity index (χ4v) is 2.37. The van der Waals surface area contributed by atoms with E-state index in [1.807, 2.05) is 29.7 Å². The number of nitrogens with zero attached hydrogens (tertiary/aromatic N) is 2. The molecular weight excluding hydrogens is 290 g/mol. The Bertz CT molecular complexity index is 625. The second-order valence-electron chi connectivity index (χ2n) is 4.76. The molecule has 1 aromatic carbocycles. The van der Waals surface area contributed by atoms with E-state index in [4.69, 9.17) is 16.3 Å². The molecule has 21 heavy (non-hydrogen) atoms. The topological polar surface area (TPSA) is 56.2 Å². The third-order valence-corrected chi connectivity index (χ3v) is 3.42. The van der Waals surface area contributed by atoms with Crippen LogP contribution in [0.3, 0.4) is 0 Å². The van der Waals surface area contributed by atoms with E-state index in [0.29, 0.717) is 18.8 Å². The number of nitrogens with one attached hydrogen (secondary N) is 1. The molecule has 5 nitrogen and oxygen atoms in total. The number of halogens is 1. The molecule has 0 unspecified atom stereocenters. The molecule has 1 amide bonds. The number of carbonyl (C=O) groups excluding carboxylic acids is 1. The Balaban J connectivity index is 2.34. The van der Waals surface area contributed by atoms with Crippen LogP contribution < -0.4 is 10.1 Å². The van der Waals surface area contributed by atoms with Crippen molar-refractivity contribution in [1.82, 2.24) is 14.9 Å². The Labute approximate surface area is 129 Å². The first-order chi connectivity index (χ1) is 10.2. The molecule has 1 aromatic heterocycles. The highest BCUT2D eigenvalue weighted by atomic mass is 35.5. The molecule has 0 fully saturated rings. The Kier molecular flexibility index (Phi) is 5.44. The third-order valence-electron chi connectivity index (χ3n) is 3.23. The average molecular weight is 310 g/mol. The molecule has 2 aromatic rings. The maximum atomic E-state index is 12.0. The second-order valence-corrected chi connectivity index (χ2v) is 5.14. The van der Waals surface area contributed by atoms with Gasteiger partial charge in [-0.1, -0.05) is 6.92 Å². The minimum absolute atomic E-state index is 0.0113. The first kappa shape index (κ1) is 15.6. The molecule has 6 heteroatoms. The van der Waals surface area contributed by atoms with Crippen molar-refractivity contribution in [3.8, 4) is 5.75 Å². The quantitative estimate of drug-likeness (QED) is 0.799. The van der Waals surface area contributed by atoms with E-state index in [9.17, 15) is 4.79 Å². The number of imidazole rings is 1. The monoisotopic (exact) mass is 309 g/mol. The lowest BCUT2D eigenvalue weighted by molar-refractivity contribution is -0.121. The van der Waals surface area contributed by atoms with E-state index in [-0.39, 0.29) is 12.5 Å². The lowest BCUT2D eigenvalue weighted by Gasteiger charge is -2.09. The maximum absolute atomic E-state index is 12.0. The first-order valence-electron chi connectivity index (χ1n) is 7.05. The number of rotatable bonds is 7. The van der Waals surface area contributed by atoms with Gasteiger partial charge < -0.3 is 14.6 Å². The number of alkyl halides is 1. The summed E-state index contributed by atoms with van der Waals surface area (Å²) in [5, 5.41) is 2.88. The number of amides is 1. The summed E-state index contributed by atoms with van der Waals surface area (Å²) in [6, 6.07) is 5.66. The fourth-order valence-electron chi connectivity index (χ4n) is 2.20. The van der Waals surface area contributed by atoms with Crippen molar-refractivity contribution in [2.45, 2.75) is 26.3 Å². The molecule has 0 spiro atoms. The summed E-state index contributed by atoms with van der Waals surface area (Å²) in [7, 11) is 1.62. The van der Waals surface area contributed by atoms with Crippen molar-refractivity contribution in [3.63, 3.8) is 0 Å². The zero-order valence-electron chi connectivity index (χ0n) is 12.4. The summed E-state index contributed by atoms with van der Waals surface area (Å²) in [5.74, 6) is 2.03. The van der Waals surface area contributed by atoms with Crippen molar-refractivity contribution in [2.24, 2.45) is 0 Å². The number of hydrogen-bond acceptors (Lipinski definition) is 3. The highest BCUT2D eigenvalue weighted by Gasteiger charge is 2.13. The van der Waals surface area contributed by atoms with Gasteiger partial charge in [0, 0.05) is 24.9 Å². The fraction of sp³-hybridized carbons (Fsp3) is 0.467. The van der Waals surface area contributed by atoms with Crippen LogP contribution in [-0.2, 0) is 17.8 Å². The highest BCUT2D eigenvalue weighted by molar-refractivity contribution is 6.17. The van der Waals surface area contributed by atoms with E-state index in [0.717, 1.165) is 29.0 Å². The van der Waals surface area contributed by atoms with Crippen LogP contribution >= 0.6 is 11.6 Å². The second kappa shape index (κ2) is 7.31. The largest absolute Gasteiger partial charge is 0.497 e. The Hall–Kier alpha value is -1.75. The molecule has 1 heterocycles. The molecule has 0 aliphatic rings. The van der Waals surface area contributed by atoms with Gasteiger partial charge in [-0.25, -0.2) is 4.98 Å². The van der Waals surface area contributed by atoms with Gasteiger partial charge in [-0.05, 0) is 18.6 Å². The number of carbonyl (C=O) groups is 1. The predicted molar refractivity (Wildman–Crippen MR) is 84.0 cm³/mol. The zero-order valence-corrected chi connectivity index (χ0v) is 13.1. The Morgan fingerprint density at radius 2 is 2.29 bits per heavy atom. The van der Waals surface area contributed by atoms with Gasteiger partial charge in [0.25, 0.3) is 0 Å². The average Bonchev–Trinajstić information content (AvgIpc) is 2.82. The van der Waals surface area contributed by atoms with Gasteiger partial charge in [0.15, 0.2) is 0 Å². The molecule has 1 N–H and O–H groups in total. The van der Waals surface area contributed by atoms with Crippen molar-refractivity contribution in [2.75, 3.05) is 19.5 Å². The number of benzene rings is 1. The summed E-state index contributed by atoms with van der Waals surface area (Å²) >= 11 is 5.84. The smallest absolute Gasteiger partial charge is 0.240 e. The summed E-state index contributed by atoms with van der Waals surface area (Å²) in [6.45, 7) is 2.97. The van der Waals surface area contributed by atoms with Gasteiger partial charge in [-0.3, -0.25) is 4.79 Å². The maximum Gasteiger partial charge on any atom is 0.240 e. The van der Waals surface area contributed by atoms with Gasteiger partial charge in [-0.15, -0.1) is 11.6 Å². The third kappa shape index (κ3) is 3.67. The van der Waals surface area contributed by atoms with Gasteiger partial charge in [0.1, 0.15) is 18.1 Å². The standard InChI is InChI=1S/C15H20ClN3O2/c1-3-8-17-15(20)10-19-13-5-4-11(21-2)9-12(13)18-14(19)6-7-16/h4-5,9H,3,6-8,10H2,1-2H3,(H,17,20). The van der Waals surface area contributed by atoms with Gasteiger partial charge in [0.2, 0.25) is 5.91 Å². The van der Waals surface area contributed by atoms with Crippen molar-refractivity contribution < 1.29 is 9.53 Å². The number of fused-ring (bicyclic) bond motifs is 1. The predicted octanol–water partition coefficient (Wildman–Crippen LogP) is 2.35. The Morgan fingerprint density at radius 3 is 2.95 bits per heavy atom. The lowest BCUT2D eigenvalue weighted by atomic mass is 10.3. The molecule has 2 rings (SSSR count). The van der Waals surface area contributed by atoms with Crippen LogP contribution in [0.5, 0.6) is 5.75 Å². The van der Waals surface area contributed by atoms with Crippen molar-refractivity contribution >= 4 is 28.5 Å². The van der Waals surface area contributed by atoms with Crippen LogP contribution in [0, 0.1) is 0 Å². The highest BCUT2D eigenvalue weighted by Crippen LogP contribution is 2.22. The van der Waals surface area contributed by atoms with Gasteiger partial charge >= 0.3 is 0 Å². The van der Waals surface area contributed by atoms with Gasteiger partial charge in [0.05, 0.1) is 18.1 Å². The van der Waals surface area contributed by atoms with Crippen LogP contribution in [0.25, 0.3) is 11.0 Å². The summed E-state index contributed by atoms with van der Waals surface area (Å²) in [6.07, 6.45) is 1.54. The lowest BCUT2D eigenvalue weighted by Crippen LogP contribution is -2.28. The number of hydrogen-bond donors (Lipinski definition) is 1. The van der Waals surface area contributed by atoms with Gasteiger partial charge in [-0.2, -0.15) is 0 Å². The van der Waals surface area contributed by atoms with Crippen LogP contribution in [0.2, 0.25) is 0 Å². The minimum atomic E-state index is -0.0113. The molecule has 0 saturated heterocycles. The number of aryl methyl sites for hydroxylation is 1. The van der Waals surface area contributed by atoms with Crippen molar-refractivity contribution in [1.29, 1.82) is 0 Å². The van der Waals surface area contributed by atoms with Crippen LogP contribution in [-0.4, -0.2) is 35.0 Å². The molecule has 0 atom stereocenters. The molecule has 0 aliphatic carbocycles.